The lowest BCUT2D eigenvalue weighted by molar-refractivity contribution is -0.0653. The first-order valence-electron chi connectivity index (χ1n) is 8.25. The van der Waals surface area contributed by atoms with Gasteiger partial charge in [0.1, 0.15) is 5.75 Å². The van der Waals surface area contributed by atoms with Gasteiger partial charge in [-0.05, 0) is 37.1 Å². The number of rotatable bonds is 7. The fourth-order valence-corrected chi connectivity index (χ4v) is 3.06. The summed E-state index contributed by atoms with van der Waals surface area (Å²) in [6, 6.07) is 8.19. The van der Waals surface area contributed by atoms with Gasteiger partial charge in [-0.1, -0.05) is 44.7 Å². The van der Waals surface area contributed by atoms with Crippen LogP contribution < -0.4 is 10.1 Å². The van der Waals surface area contributed by atoms with Gasteiger partial charge in [0.05, 0.1) is 19.3 Å². The number of hydrogen-bond donors (Lipinski definition) is 1. The minimum atomic E-state index is 0.0203. The van der Waals surface area contributed by atoms with E-state index in [4.69, 9.17) is 9.47 Å². The molecule has 1 saturated carbocycles. The topological polar surface area (TPSA) is 30.5 Å². The van der Waals surface area contributed by atoms with Gasteiger partial charge in [-0.15, -0.1) is 0 Å². The normalized spacial score (nSPS) is 18.2. The Bertz CT molecular complexity index is 394. The van der Waals surface area contributed by atoms with Crippen molar-refractivity contribution in [2.24, 2.45) is 0 Å². The maximum absolute atomic E-state index is 6.41. The number of hydrogen-bond acceptors (Lipinski definition) is 3. The van der Waals surface area contributed by atoms with E-state index in [1.54, 1.807) is 7.11 Å². The van der Waals surface area contributed by atoms with Crippen LogP contribution in [-0.2, 0) is 11.3 Å². The molecule has 1 aliphatic rings. The maximum Gasteiger partial charge on any atom is 0.118 e. The Kier molecular flexibility index (Phi) is 6.52. The number of benzene rings is 1. The van der Waals surface area contributed by atoms with Gasteiger partial charge in [-0.25, -0.2) is 0 Å². The van der Waals surface area contributed by atoms with Gasteiger partial charge in [-0.2, -0.15) is 0 Å². The van der Waals surface area contributed by atoms with E-state index in [1.807, 2.05) is 12.1 Å². The van der Waals surface area contributed by atoms with E-state index < -0.39 is 0 Å². The zero-order valence-electron chi connectivity index (χ0n) is 13.5. The molecule has 0 saturated heterocycles. The average Bonchev–Trinajstić information content (AvgIpc) is 2.78. The molecule has 0 heterocycles. The smallest absolute Gasteiger partial charge is 0.118 e. The van der Waals surface area contributed by atoms with Gasteiger partial charge in [0, 0.05) is 6.54 Å². The first kappa shape index (κ1) is 16.3. The lowest BCUT2D eigenvalue weighted by Crippen LogP contribution is -2.42. The third kappa shape index (κ3) is 5.01. The standard InChI is InChI=1S/C18H29NO2/c1-3-19-15-18(12-6-4-5-7-13-18)21-14-16-8-10-17(20-2)11-9-16/h8-11,19H,3-7,12-15H2,1-2H3. The zero-order chi connectivity index (χ0) is 15.0. The van der Waals surface area contributed by atoms with E-state index in [-0.39, 0.29) is 5.60 Å². The number of nitrogens with one attached hydrogen (secondary N) is 1. The largest absolute Gasteiger partial charge is 0.497 e. The van der Waals surface area contributed by atoms with Gasteiger partial charge in [0.25, 0.3) is 0 Å². The molecule has 1 aromatic rings. The molecular formula is C18H29NO2. The summed E-state index contributed by atoms with van der Waals surface area (Å²) in [5.41, 5.74) is 1.24. The SMILES string of the molecule is CCNCC1(OCc2ccc(OC)cc2)CCCCCC1. The zero-order valence-corrected chi connectivity index (χ0v) is 13.5. The number of likely N-dealkylation sites (N-methyl/N-ethyl adjacent to an activating group) is 1. The summed E-state index contributed by atoms with van der Waals surface area (Å²) in [4.78, 5) is 0. The summed E-state index contributed by atoms with van der Waals surface area (Å²) in [6.07, 6.45) is 7.62. The molecular weight excluding hydrogens is 262 g/mol. The Hall–Kier alpha value is -1.06. The predicted molar refractivity (Wildman–Crippen MR) is 86.8 cm³/mol. The lowest BCUT2D eigenvalue weighted by Gasteiger charge is -2.33. The number of methoxy groups -OCH3 is 1. The molecule has 21 heavy (non-hydrogen) atoms. The second-order valence-electron chi connectivity index (χ2n) is 6.01. The monoisotopic (exact) mass is 291 g/mol. The highest BCUT2D eigenvalue weighted by Gasteiger charge is 2.31. The second kappa shape index (κ2) is 8.40. The van der Waals surface area contributed by atoms with Crippen molar-refractivity contribution < 1.29 is 9.47 Å². The molecule has 3 heteroatoms. The second-order valence-corrected chi connectivity index (χ2v) is 6.01. The molecule has 1 fully saturated rings. The minimum Gasteiger partial charge on any atom is -0.497 e. The molecule has 0 amide bonds. The molecule has 2 rings (SSSR count). The van der Waals surface area contributed by atoms with Crippen molar-refractivity contribution in [2.75, 3.05) is 20.2 Å². The van der Waals surface area contributed by atoms with Crippen molar-refractivity contribution in [1.82, 2.24) is 5.32 Å². The van der Waals surface area contributed by atoms with Crippen LogP contribution in [0.2, 0.25) is 0 Å². The molecule has 1 aromatic carbocycles. The van der Waals surface area contributed by atoms with Crippen molar-refractivity contribution in [3.63, 3.8) is 0 Å². The molecule has 1 aliphatic carbocycles. The average molecular weight is 291 g/mol. The van der Waals surface area contributed by atoms with Crippen LogP contribution in [0.1, 0.15) is 51.0 Å². The van der Waals surface area contributed by atoms with Crippen LogP contribution in [0.5, 0.6) is 5.75 Å². The number of ether oxygens (including phenoxy) is 2. The summed E-state index contributed by atoms with van der Waals surface area (Å²) in [7, 11) is 1.70. The van der Waals surface area contributed by atoms with E-state index in [2.05, 4.69) is 24.4 Å². The first-order valence-corrected chi connectivity index (χ1v) is 8.25. The maximum atomic E-state index is 6.41. The molecule has 0 aromatic heterocycles. The van der Waals surface area contributed by atoms with Crippen LogP contribution >= 0.6 is 0 Å². The Labute approximate surface area is 129 Å². The summed E-state index contributed by atoms with van der Waals surface area (Å²) >= 11 is 0. The third-order valence-corrected chi connectivity index (χ3v) is 4.42. The van der Waals surface area contributed by atoms with Crippen LogP contribution in [-0.4, -0.2) is 25.8 Å². The Morgan fingerprint density at radius 3 is 2.29 bits per heavy atom. The van der Waals surface area contributed by atoms with Crippen molar-refractivity contribution in [3.8, 4) is 5.75 Å². The van der Waals surface area contributed by atoms with Gasteiger partial charge in [-0.3, -0.25) is 0 Å². The van der Waals surface area contributed by atoms with E-state index in [9.17, 15) is 0 Å². The van der Waals surface area contributed by atoms with Crippen molar-refractivity contribution in [1.29, 1.82) is 0 Å². The van der Waals surface area contributed by atoms with Gasteiger partial charge < -0.3 is 14.8 Å². The first-order chi connectivity index (χ1) is 10.3. The fraction of sp³-hybridized carbons (Fsp3) is 0.667. The van der Waals surface area contributed by atoms with E-state index >= 15 is 0 Å². The molecule has 1 N–H and O–H groups in total. The minimum absolute atomic E-state index is 0.0203. The predicted octanol–water partition coefficient (Wildman–Crippen LogP) is 3.91. The van der Waals surface area contributed by atoms with Crippen LogP contribution in [0.25, 0.3) is 0 Å². The Morgan fingerprint density at radius 2 is 1.71 bits per heavy atom. The van der Waals surface area contributed by atoms with Crippen LogP contribution in [0.3, 0.4) is 0 Å². The molecule has 0 radical (unpaired) electrons. The summed E-state index contributed by atoms with van der Waals surface area (Å²) in [6.45, 7) is 4.83. The van der Waals surface area contributed by atoms with Crippen molar-refractivity contribution >= 4 is 0 Å². The molecule has 0 unspecified atom stereocenters. The summed E-state index contributed by atoms with van der Waals surface area (Å²) in [5, 5.41) is 3.50. The lowest BCUT2D eigenvalue weighted by atomic mass is 9.94. The van der Waals surface area contributed by atoms with Crippen molar-refractivity contribution in [3.05, 3.63) is 29.8 Å². The van der Waals surface area contributed by atoms with E-state index in [0.29, 0.717) is 6.61 Å². The van der Waals surface area contributed by atoms with Gasteiger partial charge in [0.2, 0.25) is 0 Å². The van der Waals surface area contributed by atoms with Crippen molar-refractivity contribution in [2.45, 2.75) is 57.7 Å². The van der Waals surface area contributed by atoms with Crippen LogP contribution in [0.15, 0.2) is 24.3 Å². The molecule has 0 atom stereocenters. The van der Waals surface area contributed by atoms with E-state index in [1.165, 1.54) is 44.1 Å². The Balaban J connectivity index is 1.96. The summed E-state index contributed by atoms with van der Waals surface area (Å²) < 4.78 is 11.6. The molecule has 0 spiro atoms. The van der Waals surface area contributed by atoms with Gasteiger partial charge in [0.15, 0.2) is 0 Å². The third-order valence-electron chi connectivity index (χ3n) is 4.42. The molecule has 118 valence electrons. The molecule has 0 aliphatic heterocycles. The highest BCUT2D eigenvalue weighted by molar-refractivity contribution is 5.26. The van der Waals surface area contributed by atoms with Crippen LogP contribution in [0.4, 0.5) is 0 Å². The summed E-state index contributed by atoms with van der Waals surface area (Å²) in [5.74, 6) is 0.899. The highest BCUT2D eigenvalue weighted by atomic mass is 16.5. The van der Waals surface area contributed by atoms with Crippen LogP contribution in [0, 0.1) is 0 Å². The molecule has 3 nitrogen and oxygen atoms in total. The van der Waals surface area contributed by atoms with E-state index in [0.717, 1.165) is 18.8 Å². The highest BCUT2D eigenvalue weighted by Crippen LogP contribution is 2.31. The Morgan fingerprint density at radius 1 is 1.05 bits per heavy atom. The fourth-order valence-electron chi connectivity index (χ4n) is 3.06. The quantitative estimate of drug-likeness (QED) is 0.773. The molecule has 0 bridgehead atoms. The van der Waals surface area contributed by atoms with Gasteiger partial charge >= 0.3 is 0 Å².